The fraction of sp³-hybridized carbons (Fsp3) is 0.750. The van der Waals surface area contributed by atoms with E-state index in [-0.39, 0.29) is 0 Å². The molecule has 0 aromatic carbocycles. The van der Waals surface area contributed by atoms with E-state index in [0.717, 1.165) is 13.0 Å². The maximum Gasteiger partial charge on any atom is 0.0650 e. The van der Waals surface area contributed by atoms with E-state index in [1.54, 1.807) is 0 Å². The van der Waals surface area contributed by atoms with Gasteiger partial charge in [-0.15, -0.1) is 0 Å². The first-order valence-electron chi connectivity index (χ1n) is 3.54. The molecule has 0 aromatic heterocycles. The summed E-state index contributed by atoms with van der Waals surface area (Å²) in [5.41, 5.74) is 0. The summed E-state index contributed by atoms with van der Waals surface area (Å²) in [4.78, 5) is 0. The summed E-state index contributed by atoms with van der Waals surface area (Å²) >= 11 is 0. The molecule has 0 amide bonds. The fourth-order valence-electron chi connectivity index (χ4n) is 0.483. The van der Waals surface area contributed by atoms with Crippen molar-refractivity contribution in [2.45, 2.75) is 33.3 Å². The van der Waals surface area contributed by atoms with Gasteiger partial charge >= 0.3 is 0 Å². The first-order valence-corrected chi connectivity index (χ1v) is 3.54. The molecule has 0 aliphatic heterocycles. The first kappa shape index (κ1) is 8.70. The van der Waals surface area contributed by atoms with E-state index < -0.39 is 0 Å². The van der Waals surface area contributed by atoms with Gasteiger partial charge in [0.25, 0.3) is 0 Å². The molecule has 1 heteroatoms. The van der Waals surface area contributed by atoms with Crippen LogP contribution < -0.4 is 0 Å². The second-order valence-corrected chi connectivity index (χ2v) is 2.26. The standard InChI is InChI=1S/C8H16O/c1-4-5-6-7-9-8(2)3/h5-6,8H,4,7H2,1-3H3. The molecule has 0 rings (SSSR count). The molecule has 1 nitrogen and oxygen atoms in total. The largest absolute Gasteiger partial charge is 0.375 e. The van der Waals surface area contributed by atoms with Crippen molar-refractivity contribution in [2.75, 3.05) is 6.61 Å². The Morgan fingerprint density at radius 2 is 2.00 bits per heavy atom. The molecule has 9 heavy (non-hydrogen) atoms. The zero-order valence-electron chi connectivity index (χ0n) is 6.55. The van der Waals surface area contributed by atoms with E-state index in [4.69, 9.17) is 4.74 Å². The van der Waals surface area contributed by atoms with Crippen LogP contribution in [0, 0.1) is 0 Å². The summed E-state index contributed by atoms with van der Waals surface area (Å²) in [6.07, 6.45) is 5.62. The second kappa shape index (κ2) is 5.83. The Morgan fingerprint density at radius 1 is 1.33 bits per heavy atom. The number of hydrogen-bond acceptors (Lipinski definition) is 1. The lowest BCUT2D eigenvalue weighted by atomic mass is 10.4. The van der Waals surface area contributed by atoms with Crippen LogP contribution in [0.15, 0.2) is 12.2 Å². The Morgan fingerprint density at radius 3 is 2.44 bits per heavy atom. The minimum Gasteiger partial charge on any atom is -0.375 e. The highest BCUT2D eigenvalue weighted by Gasteiger charge is 1.86. The molecule has 0 N–H and O–H groups in total. The highest BCUT2D eigenvalue weighted by Crippen LogP contribution is 1.88. The van der Waals surface area contributed by atoms with Crippen molar-refractivity contribution in [1.82, 2.24) is 0 Å². The highest BCUT2D eigenvalue weighted by atomic mass is 16.5. The molecule has 0 fully saturated rings. The van der Waals surface area contributed by atoms with Crippen LogP contribution in [-0.2, 0) is 4.74 Å². The molecule has 0 heterocycles. The Labute approximate surface area is 57.7 Å². The van der Waals surface area contributed by atoms with Crippen LogP contribution in [0.1, 0.15) is 27.2 Å². The van der Waals surface area contributed by atoms with Crippen LogP contribution in [0.3, 0.4) is 0 Å². The van der Waals surface area contributed by atoms with E-state index in [1.807, 2.05) is 13.8 Å². The zero-order valence-corrected chi connectivity index (χ0v) is 6.55. The summed E-state index contributed by atoms with van der Waals surface area (Å²) in [6.45, 7) is 6.96. The van der Waals surface area contributed by atoms with Crippen LogP contribution in [0.4, 0.5) is 0 Å². The van der Waals surface area contributed by atoms with Gasteiger partial charge in [-0.1, -0.05) is 19.1 Å². The first-order chi connectivity index (χ1) is 4.27. The van der Waals surface area contributed by atoms with Crippen LogP contribution in [0.2, 0.25) is 0 Å². The molecular weight excluding hydrogens is 112 g/mol. The lowest BCUT2D eigenvalue weighted by Gasteiger charge is -2.02. The van der Waals surface area contributed by atoms with Crippen molar-refractivity contribution < 1.29 is 4.74 Å². The van der Waals surface area contributed by atoms with Crippen molar-refractivity contribution in [2.24, 2.45) is 0 Å². The number of hydrogen-bond donors (Lipinski definition) is 0. The van der Waals surface area contributed by atoms with Crippen molar-refractivity contribution >= 4 is 0 Å². The van der Waals surface area contributed by atoms with E-state index in [9.17, 15) is 0 Å². The summed E-state index contributed by atoms with van der Waals surface area (Å²) in [7, 11) is 0. The van der Waals surface area contributed by atoms with Gasteiger partial charge in [0, 0.05) is 0 Å². The quantitative estimate of drug-likeness (QED) is 0.528. The van der Waals surface area contributed by atoms with Crippen molar-refractivity contribution in [3.8, 4) is 0 Å². The van der Waals surface area contributed by atoms with E-state index >= 15 is 0 Å². The van der Waals surface area contributed by atoms with Crippen LogP contribution in [-0.4, -0.2) is 12.7 Å². The lowest BCUT2D eigenvalue weighted by molar-refractivity contribution is 0.102. The van der Waals surface area contributed by atoms with Gasteiger partial charge in [0.15, 0.2) is 0 Å². The molecule has 0 saturated heterocycles. The van der Waals surface area contributed by atoms with Gasteiger partial charge in [0.1, 0.15) is 0 Å². The topological polar surface area (TPSA) is 9.23 Å². The third-order valence-electron chi connectivity index (χ3n) is 0.928. The molecule has 54 valence electrons. The maximum atomic E-state index is 5.26. The normalized spacial score (nSPS) is 11.6. The average molecular weight is 128 g/mol. The minimum atomic E-state index is 0.353. The molecular formula is C8H16O. The Hall–Kier alpha value is -0.300. The fourth-order valence-corrected chi connectivity index (χ4v) is 0.483. The van der Waals surface area contributed by atoms with Crippen LogP contribution >= 0.6 is 0 Å². The molecule has 0 unspecified atom stereocenters. The average Bonchev–Trinajstić information content (AvgIpc) is 1.80. The predicted octanol–water partition coefficient (Wildman–Crippen LogP) is 2.38. The SMILES string of the molecule is CCC=CCOC(C)C. The molecule has 0 radical (unpaired) electrons. The van der Waals surface area contributed by atoms with Crippen molar-refractivity contribution in [3.63, 3.8) is 0 Å². The highest BCUT2D eigenvalue weighted by molar-refractivity contribution is 4.79. The smallest absolute Gasteiger partial charge is 0.0650 e. The Kier molecular flexibility index (Phi) is 5.64. The third kappa shape index (κ3) is 7.70. The molecule has 0 saturated carbocycles. The number of ether oxygens (including phenoxy) is 1. The number of allylic oxidation sites excluding steroid dienone is 1. The monoisotopic (exact) mass is 128 g/mol. The van der Waals surface area contributed by atoms with Gasteiger partial charge in [-0.25, -0.2) is 0 Å². The number of rotatable bonds is 4. The van der Waals surface area contributed by atoms with Gasteiger partial charge in [0.05, 0.1) is 12.7 Å². The summed E-state index contributed by atoms with van der Waals surface area (Å²) < 4.78 is 5.26. The summed E-state index contributed by atoms with van der Waals surface area (Å²) in [6, 6.07) is 0. The lowest BCUT2D eigenvalue weighted by Crippen LogP contribution is -2.01. The second-order valence-electron chi connectivity index (χ2n) is 2.26. The van der Waals surface area contributed by atoms with Crippen molar-refractivity contribution in [1.29, 1.82) is 0 Å². The molecule has 0 aliphatic rings. The molecule has 0 aliphatic carbocycles. The van der Waals surface area contributed by atoms with Gasteiger partial charge in [-0.2, -0.15) is 0 Å². The van der Waals surface area contributed by atoms with E-state index in [1.165, 1.54) is 0 Å². The maximum absolute atomic E-state index is 5.26. The Bertz CT molecular complexity index is 74.6. The summed E-state index contributed by atoms with van der Waals surface area (Å²) in [5.74, 6) is 0. The zero-order chi connectivity index (χ0) is 7.11. The molecule has 0 aromatic rings. The van der Waals surface area contributed by atoms with Crippen LogP contribution in [0.5, 0.6) is 0 Å². The predicted molar refractivity (Wildman–Crippen MR) is 40.5 cm³/mol. The molecule has 0 spiro atoms. The third-order valence-corrected chi connectivity index (χ3v) is 0.928. The van der Waals surface area contributed by atoms with Crippen molar-refractivity contribution in [3.05, 3.63) is 12.2 Å². The van der Waals surface area contributed by atoms with Crippen LogP contribution in [0.25, 0.3) is 0 Å². The van der Waals surface area contributed by atoms with Gasteiger partial charge in [-0.05, 0) is 20.3 Å². The van der Waals surface area contributed by atoms with Gasteiger partial charge in [0.2, 0.25) is 0 Å². The molecule has 0 atom stereocenters. The van der Waals surface area contributed by atoms with Gasteiger partial charge in [-0.3, -0.25) is 0 Å². The Balaban J connectivity index is 2.99. The minimum absolute atomic E-state index is 0.353. The van der Waals surface area contributed by atoms with E-state index in [0.29, 0.717) is 6.10 Å². The van der Waals surface area contributed by atoms with E-state index in [2.05, 4.69) is 19.1 Å². The molecule has 0 bridgehead atoms. The summed E-state index contributed by atoms with van der Waals surface area (Å²) in [5, 5.41) is 0. The van der Waals surface area contributed by atoms with Gasteiger partial charge < -0.3 is 4.74 Å².